The van der Waals surface area contributed by atoms with Crippen molar-refractivity contribution in [3.05, 3.63) is 143 Å². The van der Waals surface area contributed by atoms with Gasteiger partial charge in [-0.15, -0.1) is 0 Å². The largest absolute Gasteiger partial charge is 0.496 e. The zero-order valence-corrected chi connectivity index (χ0v) is 27.4. The average molecular weight is 654 g/mol. The molecule has 5 aromatic rings. The van der Waals surface area contributed by atoms with Crippen LogP contribution in [0, 0.1) is 6.92 Å². The molecule has 0 bridgehead atoms. The molecule has 0 aliphatic carbocycles. The zero-order chi connectivity index (χ0) is 34.5. The molecule has 1 heterocycles. The third-order valence-electron chi connectivity index (χ3n) is 8.42. The number of nitrogens with zero attached hydrogens (tertiary/aromatic N) is 2. The molecule has 9 heteroatoms. The first-order chi connectivity index (χ1) is 23.8. The predicted molar refractivity (Wildman–Crippen MR) is 189 cm³/mol. The molecule has 0 radical (unpaired) electrons. The molecule has 0 saturated heterocycles. The molecule has 5 aromatic carbocycles. The Morgan fingerprint density at radius 1 is 0.735 bits per heavy atom. The fraction of sp³-hybridized carbons (Fsp3) is 0.150. The van der Waals surface area contributed by atoms with E-state index in [9.17, 15) is 19.2 Å². The van der Waals surface area contributed by atoms with Crippen LogP contribution < -0.4 is 19.7 Å². The normalized spacial score (nSPS) is 12.0. The smallest absolute Gasteiger partial charge is 0.261 e. The van der Waals surface area contributed by atoms with Crippen LogP contribution in [-0.4, -0.2) is 55.8 Å². The number of rotatable bonds is 11. The van der Waals surface area contributed by atoms with Gasteiger partial charge in [-0.1, -0.05) is 72.3 Å². The van der Waals surface area contributed by atoms with Crippen molar-refractivity contribution in [2.45, 2.75) is 13.3 Å². The third kappa shape index (κ3) is 6.78. The molecule has 1 aliphatic rings. The van der Waals surface area contributed by atoms with E-state index in [4.69, 9.17) is 9.47 Å². The van der Waals surface area contributed by atoms with Crippen molar-refractivity contribution in [1.82, 2.24) is 4.90 Å². The lowest BCUT2D eigenvalue weighted by molar-refractivity contribution is 0.0646. The van der Waals surface area contributed by atoms with Gasteiger partial charge < -0.3 is 19.7 Å². The number of methoxy groups -OCH3 is 1. The summed E-state index contributed by atoms with van der Waals surface area (Å²) in [5, 5.41) is 2.94. The lowest BCUT2D eigenvalue weighted by atomic mass is 9.98. The van der Waals surface area contributed by atoms with E-state index in [2.05, 4.69) is 5.32 Å². The molecular weight excluding hydrogens is 618 g/mol. The van der Waals surface area contributed by atoms with Gasteiger partial charge in [-0.3, -0.25) is 24.1 Å². The Balaban J connectivity index is 1.12. The molecule has 6 rings (SSSR count). The van der Waals surface area contributed by atoms with E-state index in [0.29, 0.717) is 51.5 Å². The Labute approximate surface area is 284 Å². The van der Waals surface area contributed by atoms with Crippen molar-refractivity contribution in [1.29, 1.82) is 0 Å². The topological polar surface area (TPSA) is 105 Å². The van der Waals surface area contributed by atoms with Crippen LogP contribution in [0.2, 0.25) is 0 Å². The number of hydrogen-bond acceptors (Lipinski definition) is 6. The van der Waals surface area contributed by atoms with Crippen LogP contribution in [0.4, 0.5) is 11.4 Å². The van der Waals surface area contributed by atoms with E-state index in [1.165, 1.54) is 16.9 Å². The van der Waals surface area contributed by atoms with Gasteiger partial charge in [0.1, 0.15) is 11.5 Å². The van der Waals surface area contributed by atoms with Gasteiger partial charge in [0.25, 0.3) is 23.6 Å². The number of ether oxygens (including phenoxy) is 2. The number of hydrogen-bond donors (Lipinski definition) is 1. The summed E-state index contributed by atoms with van der Waals surface area (Å²) in [6, 6.07) is 34.2. The monoisotopic (exact) mass is 653 g/mol. The number of imide groups is 1. The van der Waals surface area contributed by atoms with E-state index in [1.54, 1.807) is 79.8 Å². The van der Waals surface area contributed by atoms with Crippen LogP contribution in [0.25, 0.3) is 11.1 Å². The molecule has 0 spiro atoms. The van der Waals surface area contributed by atoms with Crippen LogP contribution in [-0.2, 0) is 0 Å². The Hall–Kier alpha value is -6.22. The minimum absolute atomic E-state index is 0.209. The van der Waals surface area contributed by atoms with Crippen molar-refractivity contribution < 1.29 is 28.7 Å². The fourth-order valence-electron chi connectivity index (χ4n) is 5.80. The first-order valence-corrected chi connectivity index (χ1v) is 15.9. The Morgan fingerprint density at radius 3 is 2.06 bits per heavy atom. The van der Waals surface area contributed by atoms with Crippen molar-refractivity contribution in [2.24, 2.45) is 0 Å². The molecule has 0 saturated carbocycles. The van der Waals surface area contributed by atoms with Crippen LogP contribution in [0.15, 0.2) is 115 Å². The highest BCUT2D eigenvalue weighted by Gasteiger charge is 2.34. The SMILES string of the molecule is COc1cc(NC(=O)c2ccccc2-c2ccc(C)cc2)ccc1C(=O)N(C)c1ccccc1OCCCN1C(=O)c2ccccc2C1=O. The highest BCUT2D eigenvalue weighted by atomic mass is 16.5. The predicted octanol–water partition coefficient (Wildman–Crippen LogP) is 7.26. The minimum atomic E-state index is -0.346. The minimum Gasteiger partial charge on any atom is -0.496 e. The number of carbonyl (C=O) groups is 4. The first-order valence-electron chi connectivity index (χ1n) is 15.9. The highest BCUT2D eigenvalue weighted by molar-refractivity contribution is 6.21. The fourth-order valence-corrected chi connectivity index (χ4v) is 5.80. The van der Waals surface area contributed by atoms with E-state index in [-0.39, 0.29) is 36.8 Å². The summed E-state index contributed by atoms with van der Waals surface area (Å²) >= 11 is 0. The number of carbonyl (C=O) groups excluding carboxylic acids is 4. The van der Waals surface area contributed by atoms with Gasteiger partial charge in [0.05, 0.1) is 36.1 Å². The number of aryl methyl sites for hydroxylation is 1. The summed E-state index contributed by atoms with van der Waals surface area (Å²) in [5.41, 5.74) is 5.51. The Bertz CT molecular complexity index is 2020. The quantitative estimate of drug-likeness (QED) is 0.119. The van der Waals surface area contributed by atoms with Crippen LogP contribution in [0.5, 0.6) is 11.5 Å². The summed E-state index contributed by atoms with van der Waals surface area (Å²) < 4.78 is 11.6. The summed E-state index contributed by atoms with van der Waals surface area (Å²) in [6.45, 7) is 2.44. The number of amides is 4. The van der Waals surface area contributed by atoms with Gasteiger partial charge in [0.15, 0.2) is 0 Å². The summed E-state index contributed by atoms with van der Waals surface area (Å²) in [6.07, 6.45) is 0.411. The summed E-state index contributed by atoms with van der Waals surface area (Å²) in [5.74, 6) is -0.488. The lowest BCUT2D eigenvalue weighted by Gasteiger charge is -2.22. The van der Waals surface area contributed by atoms with E-state index < -0.39 is 0 Å². The Kier molecular flexibility index (Phi) is 9.53. The maximum Gasteiger partial charge on any atom is 0.261 e. The number of para-hydroxylation sites is 2. The molecule has 1 aliphatic heterocycles. The zero-order valence-electron chi connectivity index (χ0n) is 27.4. The highest BCUT2D eigenvalue weighted by Crippen LogP contribution is 2.32. The molecule has 49 heavy (non-hydrogen) atoms. The van der Waals surface area contributed by atoms with E-state index in [1.807, 2.05) is 49.4 Å². The van der Waals surface area contributed by atoms with Crippen LogP contribution in [0.1, 0.15) is 53.4 Å². The number of nitrogens with one attached hydrogen (secondary N) is 1. The van der Waals surface area contributed by atoms with Gasteiger partial charge >= 0.3 is 0 Å². The summed E-state index contributed by atoms with van der Waals surface area (Å²) in [7, 11) is 3.11. The van der Waals surface area contributed by atoms with Crippen LogP contribution >= 0.6 is 0 Å². The third-order valence-corrected chi connectivity index (χ3v) is 8.42. The second kappa shape index (κ2) is 14.3. The molecule has 0 unspecified atom stereocenters. The van der Waals surface area contributed by atoms with E-state index in [0.717, 1.165) is 16.7 Å². The van der Waals surface area contributed by atoms with Crippen LogP contribution in [0.3, 0.4) is 0 Å². The number of fused-ring (bicyclic) bond motifs is 1. The van der Waals surface area contributed by atoms with Gasteiger partial charge in [0, 0.05) is 30.9 Å². The second-order valence-corrected chi connectivity index (χ2v) is 11.6. The molecule has 4 amide bonds. The Morgan fingerprint density at radius 2 is 1.37 bits per heavy atom. The van der Waals surface area contributed by atoms with Gasteiger partial charge in [-0.25, -0.2) is 0 Å². The molecular formula is C40H35N3O6. The maximum absolute atomic E-state index is 13.8. The molecule has 246 valence electrons. The first kappa shape index (κ1) is 32.7. The second-order valence-electron chi connectivity index (χ2n) is 11.6. The molecule has 9 nitrogen and oxygen atoms in total. The lowest BCUT2D eigenvalue weighted by Crippen LogP contribution is -2.31. The summed E-state index contributed by atoms with van der Waals surface area (Å²) in [4.78, 5) is 55.2. The molecule has 0 atom stereocenters. The molecule has 1 N–H and O–H groups in total. The number of benzene rings is 5. The van der Waals surface area contributed by atoms with Crippen molar-refractivity contribution in [3.63, 3.8) is 0 Å². The van der Waals surface area contributed by atoms with Crippen molar-refractivity contribution >= 4 is 35.0 Å². The van der Waals surface area contributed by atoms with Gasteiger partial charge in [-0.2, -0.15) is 0 Å². The standard InChI is InChI=1S/C40H35N3O6/c1-26-17-19-27(20-18-26)29-11-4-5-12-30(29)37(44)41-28-21-22-33(36(25-28)48-3)38(45)42(2)34-15-8-9-16-35(34)49-24-10-23-43-39(46)31-13-6-7-14-32(31)40(43)47/h4-9,11-22,25H,10,23-24H2,1-3H3,(H,41,44). The molecule has 0 fully saturated rings. The van der Waals surface area contributed by atoms with Gasteiger partial charge in [-0.05, 0) is 66.9 Å². The van der Waals surface area contributed by atoms with Crippen molar-refractivity contribution in [3.8, 4) is 22.6 Å². The maximum atomic E-state index is 13.8. The average Bonchev–Trinajstić information content (AvgIpc) is 3.38. The number of anilines is 2. The molecule has 0 aromatic heterocycles. The van der Waals surface area contributed by atoms with E-state index >= 15 is 0 Å². The van der Waals surface area contributed by atoms with Gasteiger partial charge in [0.2, 0.25) is 0 Å². The van der Waals surface area contributed by atoms with Crippen molar-refractivity contribution in [2.75, 3.05) is 37.5 Å².